The lowest BCUT2D eigenvalue weighted by Crippen LogP contribution is -2.08. The fourth-order valence-corrected chi connectivity index (χ4v) is 1.87. The van der Waals surface area contributed by atoms with Crippen molar-refractivity contribution in [2.75, 3.05) is 4.90 Å². The molecule has 3 rings (SSSR count). The van der Waals surface area contributed by atoms with Crippen LogP contribution in [0.2, 0.25) is 0 Å². The van der Waals surface area contributed by atoms with Gasteiger partial charge in [0.15, 0.2) is 0 Å². The molecule has 0 unspecified atom stereocenters. The summed E-state index contributed by atoms with van der Waals surface area (Å²) in [4.78, 5) is 6.09. The Bertz CT molecular complexity index is 551. The summed E-state index contributed by atoms with van der Waals surface area (Å²) >= 11 is 0. The Morgan fingerprint density at radius 3 is 2.17 bits per heavy atom. The van der Waals surface area contributed by atoms with Gasteiger partial charge in [0.2, 0.25) is 5.88 Å². The number of anilines is 3. The molecule has 0 atom stereocenters. The first-order chi connectivity index (χ1) is 8.95. The standard InChI is InChI=1S/C15H12N2O/c1-2-5-13(6-3-1)17(15-7-4-12-18-15)14-8-10-16-11-9-14/h1-12H. The number of rotatable bonds is 3. The van der Waals surface area contributed by atoms with Gasteiger partial charge < -0.3 is 4.42 Å². The minimum atomic E-state index is 0.785. The molecule has 3 aromatic rings. The fourth-order valence-electron chi connectivity index (χ4n) is 1.87. The van der Waals surface area contributed by atoms with Gasteiger partial charge in [0.25, 0.3) is 0 Å². The summed E-state index contributed by atoms with van der Waals surface area (Å²) in [6.07, 6.45) is 5.22. The van der Waals surface area contributed by atoms with Gasteiger partial charge in [-0.3, -0.25) is 9.88 Å². The summed E-state index contributed by atoms with van der Waals surface area (Å²) in [5, 5.41) is 0. The van der Waals surface area contributed by atoms with E-state index in [0.29, 0.717) is 0 Å². The molecule has 0 radical (unpaired) electrons. The van der Waals surface area contributed by atoms with Crippen LogP contribution >= 0.6 is 0 Å². The zero-order chi connectivity index (χ0) is 12.2. The average molecular weight is 236 g/mol. The summed E-state index contributed by atoms with van der Waals surface area (Å²) in [5.41, 5.74) is 2.07. The van der Waals surface area contributed by atoms with Crippen molar-refractivity contribution >= 4 is 17.3 Å². The maximum absolute atomic E-state index is 5.51. The van der Waals surface area contributed by atoms with Gasteiger partial charge in [0, 0.05) is 24.1 Å². The summed E-state index contributed by atoms with van der Waals surface area (Å²) in [6.45, 7) is 0. The van der Waals surface area contributed by atoms with Crippen LogP contribution in [0.3, 0.4) is 0 Å². The first kappa shape index (κ1) is 10.6. The Hall–Kier alpha value is -2.55. The SMILES string of the molecule is c1ccc(N(c2ccncc2)c2ccco2)cc1. The molecular weight excluding hydrogens is 224 g/mol. The van der Waals surface area contributed by atoms with Crippen LogP contribution in [-0.2, 0) is 0 Å². The monoisotopic (exact) mass is 236 g/mol. The van der Waals surface area contributed by atoms with Gasteiger partial charge >= 0.3 is 0 Å². The fraction of sp³-hybridized carbons (Fsp3) is 0. The molecule has 18 heavy (non-hydrogen) atoms. The lowest BCUT2D eigenvalue weighted by Gasteiger charge is -2.21. The zero-order valence-corrected chi connectivity index (χ0v) is 9.73. The number of pyridine rings is 1. The molecule has 1 aromatic carbocycles. The second kappa shape index (κ2) is 4.75. The quantitative estimate of drug-likeness (QED) is 0.684. The van der Waals surface area contributed by atoms with Gasteiger partial charge in [-0.05, 0) is 30.3 Å². The number of aromatic nitrogens is 1. The van der Waals surface area contributed by atoms with Crippen molar-refractivity contribution in [3.63, 3.8) is 0 Å². The summed E-state index contributed by atoms with van der Waals surface area (Å²) in [7, 11) is 0. The van der Waals surface area contributed by atoms with Crippen LogP contribution in [0.15, 0.2) is 77.7 Å². The van der Waals surface area contributed by atoms with Crippen LogP contribution in [0, 0.1) is 0 Å². The highest BCUT2D eigenvalue weighted by Gasteiger charge is 2.13. The van der Waals surface area contributed by atoms with E-state index in [2.05, 4.69) is 4.98 Å². The van der Waals surface area contributed by atoms with Gasteiger partial charge in [0.05, 0.1) is 12.0 Å². The molecule has 0 aliphatic carbocycles. The van der Waals surface area contributed by atoms with Crippen LogP contribution < -0.4 is 4.90 Å². The molecule has 2 aromatic heterocycles. The first-order valence-electron chi connectivity index (χ1n) is 5.74. The third-order valence-corrected chi connectivity index (χ3v) is 2.66. The second-order valence-corrected chi connectivity index (χ2v) is 3.83. The highest BCUT2D eigenvalue weighted by atomic mass is 16.3. The Morgan fingerprint density at radius 1 is 0.778 bits per heavy atom. The molecule has 0 bridgehead atoms. The lowest BCUT2D eigenvalue weighted by atomic mass is 10.2. The van der Waals surface area contributed by atoms with Crippen molar-refractivity contribution in [2.24, 2.45) is 0 Å². The molecule has 0 N–H and O–H groups in total. The molecular formula is C15H12N2O. The van der Waals surface area contributed by atoms with E-state index in [1.807, 2.05) is 59.5 Å². The Kier molecular flexibility index (Phi) is 2.80. The molecule has 2 heterocycles. The number of benzene rings is 1. The van der Waals surface area contributed by atoms with Crippen molar-refractivity contribution in [3.8, 4) is 0 Å². The Morgan fingerprint density at radius 2 is 1.50 bits per heavy atom. The molecule has 3 nitrogen and oxygen atoms in total. The van der Waals surface area contributed by atoms with Gasteiger partial charge in [-0.2, -0.15) is 0 Å². The maximum atomic E-state index is 5.51. The van der Waals surface area contributed by atoms with E-state index in [-0.39, 0.29) is 0 Å². The number of nitrogens with zero attached hydrogens (tertiary/aromatic N) is 2. The predicted octanol–water partition coefficient (Wildman–Crippen LogP) is 4.14. The number of para-hydroxylation sites is 1. The summed E-state index contributed by atoms with van der Waals surface area (Å²) in [6, 6.07) is 17.8. The smallest absolute Gasteiger partial charge is 0.204 e. The van der Waals surface area contributed by atoms with Crippen LogP contribution in [0.5, 0.6) is 0 Å². The molecule has 0 saturated heterocycles. The normalized spacial score (nSPS) is 10.2. The third kappa shape index (κ3) is 1.98. The molecule has 0 amide bonds. The van der Waals surface area contributed by atoms with E-state index in [1.54, 1.807) is 18.7 Å². The zero-order valence-electron chi connectivity index (χ0n) is 9.73. The first-order valence-corrected chi connectivity index (χ1v) is 5.74. The Balaban J connectivity index is 2.11. The molecule has 0 saturated carbocycles. The van der Waals surface area contributed by atoms with Crippen molar-refractivity contribution in [1.29, 1.82) is 0 Å². The predicted molar refractivity (Wildman–Crippen MR) is 71.2 cm³/mol. The van der Waals surface area contributed by atoms with Gasteiger partial charge in [0.1, 0.15) is 0 Å². The maximum Gasteiger partial charge on any atom is 0.204 e. The molecule has 0 fully saturated rings. The van der Waals surface area contributed by atoms with Crippen molar-refractivity contribution in [1.82, 2.24) is 4.98 Å². The highest BCUT2D eigenvalue weighted by molar-refractivity contribution is 5.72. The molecule has 0 spiro atoms. The second-order valence-electron chi connectivity index (χ2n) is 3.83. The summed E-state index contributed by atoms with van der Waals surface area (Å²) in [5.74, 6) is 0.785. The number of hydrogen-bond acceptors (Lipinski definition) is 3. The van der Waals surface area contributed by atoms with E-state index in [4.69, 9.17) is 4.42 Å². The summed E-state index contributed by atoms with van der Waals surface area (Å²) < 4.78 is 5.51. The van der Waals surface area contributed by atoms with Crippen molar-refractivity contribution in [2.45, 2.75) is 0 Å². The third-order valence-electron chi connectivity index (χ3n) is 2.66. The van der Waals surface area contributed by atoms with E-state index in [9.17, 15) is 0 Å². The van der Waals surface area contributed by atoms with E-state index in [0.717, 1.165) is 17.3 Å². The minimum absolute atomic E-state index is 0.785. The topological polar surface area (TPSA) is 29.3 Å². The van der Waals surface area contributed by atoms with Crippen LogP contribution in [0.25, 0.3) is 0 Å². The minimum Gasteiger partial charge on any atom is -0.448 e. The average Bonchev–Trinajstić information content (AvgIpc) is 2.95. The van der Waals surface area contributed by atoms with Crippen molar-refractivity contribution in [3.05, 3.63) is 73.3 Å². The van der Waals surface area contributed by atoms with Gasteiger partial charge in [-0.1, -0.05) is 18.2 Å². The van der Waals surface area contributed by atoms with E-state index >= 15 is 0 Å². The lowest BCUT2D eigenvalue weighted by molar-refractivity contribution is 0.574. The molecule has 0 aliphatic rings. The van der Waals surface area contributed by atoms with Gasteiger partial charge in [-0.15, -0.1) is 0 Å². The van der Waals surface area contributed by atoms with Crippen LogP contribution in [0.4, 0.5) is 17.3 Å². The van der Waals surface area contributed by atoms with Crippen LogP contribution in [-0.4, -0.2) is 4.98 Å². The number of hydrogen-bond donors (Lipinski definition) is 0. The van der Waals surface area contributed by atoms with Gasteiger partial charge in [-0.25, -0.2) is 0 Å². The Labute approximate surface area is 105 Å². The molecule has 88 valence electrons. The van der Waals surface area contributed by atoms with Crippen LogP contribution in [0.1, 0.15) is 0 Å². The molecule has 0 aliphatic heterocycles. The van der Waals surface area contributed by atoms with E-state index in [1.165, 1.54) is 0 Å². The number of furan rings is 1. The van der Waals surface area contributed by atoms with E-state index < -0.39 is 0 Å². The molecule has 3 heteroatoms. The largest absolute Gasteiger partial charge is 0.448 e. The van der Waals surface area contributed by atoms with Crippen molar-refractivity contribution < 1.29 is 4.42 Å². The highest BCUT2D eigenvalue weighted by Crippen LogP contribution is 2.33.